The van der Waals surface area contributed by atoms with Gasteiger partial charge in [0.1, 0.15) is 0 Å². The van der Waals surface area contributed by atoms with Crippen LogP contribution in [0.25, 0.3) is 0 Å². The number of anilines is 2. The molecule has 1 aromatic heterocycles. The van der Waals surface area contributed by atoms with Gasteiger partial charge in [0, 0.05) is 6.07 Å². The second-order valence-electron chi connectivity index (χ2n) is 5.10. The van der Waals surface area contributed by atoms with Crippen LogP contribution in [0.5, 0.6) is 0 Å². The van der Waals surface area contributed by atoms with Crippen molar-refractivity contribution in [1.82, 2.24) is 4.98 Å². The monoisotopic (exact) mass is 260 g/mol. The van der Waals surface area contributed by atoms with E-state index in [0.29, 0.717) is 6.07 Å². The molecule has 0 bridgehead atoms. The summed E-state index contributed by atoms with van der Waals surface area (Å²) in [4.78, 5) is 3.68. The Hall–Kier alpha value is -1.47. The maximum atomic E-state index is 13.6. The van der Waals surface area contributed by atoms with E-state index in [2.05, 4.69) is 10.3 Å². The van der Waals surface area contributed by atoms with Gasteiger partial charge < -0.3 is 15.8 Å². The van der Waals surface area contributed by atoms with Crippen molar-refractivity contribution in [3.05, 3.63) is 17.7 Å². The molecule has 0 unspecified atom stereocenters. The van der Waals surface area contributed by atoms with E-state index in [-0.39, 0.29) is 11.6 Å². The van der Waals surface area contributed by atoms with Gasteiger partial charge in [-0.05, 0) is 27.7 Å². The molecule has 5 nitrogen and oxygen atoms in total. The molecule has 1 heterocycles. The normalized spacial score (nSPS) is 12.4. The second-order valence-corrected chi connectivity index (χ2v) is 5.10. The van der Waals surface area contributed by atoms with Crippen molar-refractivity contribution >= 4 is 11.6 Å². The molecule has 0 radical (unpaired) electrons. The van der Waals surface area contributed by atoms with Crippen LogP contribution in [-0.4, -0.2) is 21.2 Å². The van der Waals surface area contributed by atoms with Gasteiger partial charge in [-0.25, -0.2) is 19.6 Å². The predicted octanol–water partition coefficient (Wildman–Crippen LogP) is 1.61. The van der Waals surface area contributed by atoms with Gasteiger partial charge in [0.05, 0.1) is 11.1 Å². The number of nitrogens with zero attached hydrogens (tertiary/aromatic N) is 1. The average molecular weight is 260 g/mol. The molecule has 0 saturated carbocycles. The smallest absolute Gasteiger partial charge is 0.178 e. The van der Waals surface area contributed by atoms with Gasteiger partial charge in [-0.15, -0.1) is 0 Å². The van der Waals surface area contributed by atoms with Gasteiger partial charge in [-0.3, -0.25) is 0 Å². The summed E-state index contributed by atoms with van der Waals surface area (Å²) in [6.45, 7) is 6.49. The first-order valence-corrected chi connectivity index (χ1v) is 5.41. The Morgan fingerprint density at radius 2 is 1.67 bits per heavy atom. The minimum atomic E-state index is -1.13. The number of nitrogens with two attached hydrogens (primary N) is 1. The van der Waals surface area contributed by atoms with Crippen molar-refractivity contribution in [2.24, 2.45) is 5.84 Å². The molecular formula is C11H18F2N4O. The number of nitrogen functional groups attached to an aromatic ring is 1. The standard InChI is InChI=1S/C11H18F2N4O/c1-10(2,11(3,4)18)16-8-6(12)5-7(13)9(15-8)17-14/h5,18H,14H2,1-4H3,(H2,15,16,17). The van der Waals surface area contributed by atoms with Crippen LogP contribution in [0.4, 0.5) is 20.4 Å². The first-order chi connectivity index (χ1) is 8.08. The number of rotatable bonds is 4. The van der Waals surface area contributed by atoms with Gasteiger partial charge in [-0.2, -0.15) is 0 Å². The van der Waals surface area contributed by atoms with Gasteiger partial charge in [0.25, 0.3) is 0 Å². The van der Waals surface area contributed by atoms with Gasteiger partial charge in [0.2, 0.25) is 0 Å². The highest BCUT2D eigenvalue weighted by atomic mass is 19.1. The summed E-state index contributed by atoms with van der Waals surface area (Å²) < 4.78 is 26.7. The molecule has 0 aliphatic carbocycles. The molecule has 0 saturated heterocycles. The molecule has 102 valence electrons. The number of aromatic nitrogens is 1. The van der Waals surface area contributed by atoms with Crippen LogP contribution in [0.2, 0.25) is 0 Å². The summed E-state index contributed by atoms with van der Waals surface area (Å²) in [7, 11) is 0. The fourth-order valence-corrected chi connectivity index (χ4v) is 1.10. The lowest BCUT2D eigenvalue weighted by Gasteiger charge is -2.38. The van der Waals surface area contributed by atoms with E-state index in [1.807, 2.05) is 5.43 Å². The fourth-order valence-electron chi connectivity index (χ4n) is 1.10. The first kappa shape index (κ1) is 14.6. The lowest BCUT2D eigenvalue weighted by molar-refractivity contribution is 0.0237. The number of aliphatic hydroxyl groups is 1. The Morgan fingerprint density at radius 3 is 2.11 bits per heavy atom. The number of halogens is 2. The van der Waals surface area contributed by atoms with Crippen LogP contribution >= 0.6 is 0 Å². The molecule has 0 fully saturated rings. The summed E-state index contributed by atoms with van der Waals surface area (Å²) in [6, 6.07) is 0.672. The molecule has 5 N–H and O–H groups in total. The minimum absolute atomic E-state index is 0.184. The van der Waals surface area contributed by atoms with E-state index >= 15 is 0 Å². The van der Waals surface area contributed by atoms with Crippen LogP contribution in [0, 0.1) is 11.6 Å². The third-order valence-corrected chi connectivity index (χ3v) is 3.03. The van der Waals surface area contributed by atoms with Crippen molar-refractivity contribution < 1.29 is 13.9 Å². The summed E-state index contributed by atoms with van der Waals surface area (Å²) >= 11 is 0. The zero-order chi connectivity index (χ0) is 14.1. The highest BCUT2D eigenvalue weighted by Gasteiger charge is 2.36. The van der Waals surface area contributed by atoms with Crippen LogP contribution in [0.15, 0.2) is 6.07 Å². The fraction of sp³-hybridized carbons (Fsp3) is 0.545. The van der Waals surface area contributed by atoms with E-state index in [1.54, 1.807) is 27.7 Å². The molecule has 0 amide bonds. The molecule has 0 aromatic carbocycles. The second kappa shape index (κ2) is 4.66. The summed E-state index contributed by atoms with van der Waals surface area (Å²) in [5.41, 5.74) is 0.0285. The number of hydrazine groups is 1. The lowest BCUT2D eigenvalue weighted by atomic mass is 9.86. The molecule has 18 heavy (non-hydrogen) atoms. The number of hydrogen-bond acceptors (Lipinski definition) is 5. The number of hydrogen-bond donors (Lipinski definition) is 4. The average Bonchev–Trinajstić information content (AvgIpc) is 2.20. The Kier molecular flexibility index (Phi) is 3.78. The van der Waals surface area contributed by atoms with Crippen LogP contribution < -0.4 is 16.6 Å². The van der Waals surface area contributed by atoms with Crippen molar-refractivity contribution in [3.63, 3.8) is 0 Å². The third kappa shape index (κ3) is 2.85. The van der Waals surface area contributed by atoms with Gasteiger partial charge >= 0.3 is 0 Å². The zero-order valence-corrected chi connectivity index (χ0v) is 10.8. The molecule has 1 aromatic rings. The van der Waals surface area contributed by atoms with E-state index in [1.165, 1.54) is 0 Å². The molecular weight excluding hydrogens is 242 g/mol. The largest absolute Gasteiger partial charge is 0.388 e. The summed E-state index contributed by atoms with van der Waals surface area (Å²) in [5, 5.41) is 12.7. The number of nitrogens with one attached hydrogen (secondary N) is 2. The Bertz CT molecular complexity index is 443. The lowest BCUT2D eigenvalue weighted by Crippen LogP contribution is -2.51. The van der Waals surface area contributed by atoms with Crippen LogP contribution in [-0.2, 0) is 0 Å². The number of pyridine rings is 1. The van der Waals surface area contributed by atoms with Crippen molar-refractivity contribution in [2.45, 2.75) is 38.8 Å². The van der Waals surface area contributed by atoms with E-state index in [0.717, 1.165) is 0 Å². The highest BCUT2D eigenvalue weighted by Crippen LogP contribution is 2.27. The SMILES string of the molecule is CC(C)(O)C(C)(C)Nc1nc(NN)c(F)cc1F. The van der Waals surface area contributed by atoms with Crippen LogP contribution in [0.1, 0.15) is 27.7 Å². The quantitative estimate of drug-likeness (QED) is 0.488. The van der Waals surface area contributed by atoms with E-state index < -0.39 is 22.8 Å². The maximum Gasteiger partial charge on any atom is 0.178 e. The van der Waals surface area contributed by atoms with E-state index in [9.17, 15) is 13.9 Å². The predicted molar refractivity (Wildman–Crippen MR) is 66.0 cm³/mol. The molecule has 1 rings (SSSR count). The maximum absolute atomic E-state index is 13.6. The summed E-state index contributed by atoms with van der Waals surface area (Å²) in [5.74, 6) is 2.87. The molecule has 0 aliphatic heterocycles. The van der Waals surface area contributed by atoms with Crippen molar-refractivity contribution in [3.8, 4) is 0 Å². The molecule has 0 atom stereocenters. The van der Waals surface area contributed by atoms with Gasteiger partial charge in [-0.1, -0.05) is 0 Å². The third-order valence-electron chi connectivity index (χ3n) is 3.03. The molecule has 7 heteroatoms. The van der Waals surface area contributed by atoms with Crippen LogP contribution in [0.3, 0.4) is 0 Å². The topological polar surface area (TPSA) is 83.2 Å². The molecule has 0 aliphatic rings. The van der Waals surface area contributed by atoms with E-state index in [4.69, 9.17) is 5.84 Å². The van der Waals surface area contributed by atoms with Crippen molar-refractivity contribution in [2.75, 3.05) is 10.7 Å². The Labute approximate surface area is 104 Å². The summed E-state index contributed by atoms with van der Waals surface area (Å²) in [6.07, 6.45) is 0. The minimum Gasteiger partial charge on any atom is -0.388 e. The Morgan fingerprint density at radius 1 is 1.17 bits per heavy atom. The van der Waals surface area contributed by atoms with Crippen molar-refractivity contribution in [1.29, 1.82) is 0 Å². The molecule has 0 spiro atoms. The highest BCUT2D eigenvalue weighted by molar-refractivity contribution is 5.48. The van der Waals surface area contributed by atoms with Gasteiger partial charge in [0.15, 0.2) is 23.3 Å². The zero-order valence-electron chi connectivity index (χ0n) is 10.8. The Balaban J connectivity index is 3.12. The first-order valence-electron chi connectivity index (χ1n) is 5.41.